The Morgan fingerprint density at radius 2 is 2.00 bits per heavy atom. The normalized spacial score (nSPS) is 10.4. The Hall–Kier alpha value is -1.74. The van der Waals surface area contributed by atoms with E-state index in [1.807, 2.05) is 13.0 Å². The van der Waals surface area contributed by atoms with E-state index in [0.29, 0.717) is 11.6 Å². The summed E-state index contributed by atoms with van der Waals surface area (Å²) in [5.41, 5.74) is 2.42. The summed E-state index contributed by atoms with van der Waals surface area (Å²) < 4.78 is 13.1. The van der Waals surface area contributed by atoms with Crippen LogP contribution in [0, 0.1) is 12.7 Å². The molecule has 0 aliphatic rings. The SMILES string of the molecule is Cc1cc(NCc2cc(F)cc(Cl)c2)ccc1O. The van der Waals surface area contributed by atoms with Crippen molar-refractivity contribution >= 4 is 17.3 Å². The van der Waals surface area contributed by atoms with Gasteiger partial charge >= 0.3 is 0 Å². The van der Waals surface area contributed by atoms with Gasteiger partial charge in [-0.05, 0) is 54.4 Å². The van der Waals surface area contributed by atoms with Gasteiger partial charge in [0.2, 0.25) is 0 Å². The number of phenolic OH excluding ortho intramolecular Hbond substituents is 1. The van der Waals surface area contributed by atoms with Crippen molar-refractivity contribution in [3.8, 4) is 5.75 Å². The summed E-state index contributed by atoms with van der Waals surface area (Å²) in [6.07, 6.45) is 0. The fourth-order valence-electron chi connectivity index (χ4n) is 1.68. The first-order valence-electron chi connectivity index (χ1n) is 5.53. The Morgan fingerprint density at radius 3 is 2.67 bits per heavy atom. The van der Waals surface area contributed by atoms with Crippen molar-refractivity contribution in [2.75, 3.05) is 5.32 Å². The van der Waals surface area contributed by atoms with Crippen LogP contribution >= 0.6 is 11.6 Å². The van der Waals surface area contributed by atoms with Crippen LogP contribution in [-0.4, -0.2) is 5.11 Å². The molecule has 4 heteroatoms. The smallest absolute Gasteiger partial charge is 0.125 e. The van der Waals surface area contributed by atoms with E-state index in [1.54, 1.807) is 18.2 Å². The number of aryl methyl sites for hydroxylation is 1. The lowest BCUT2D eigenvalue weighted by molar-refractivity contribution is 0.471. The molecule has 0 bridgehead atoms. The van der Waals surface area contributed by atoms with Crippen LogP contribution in [0.15, 0.2) is 36.4 Å². The summed E-state index contributed by atoms with van der Waals surface area (Å²) in [7, 11) is 0. The molecule has 0 aromatic heterocycles. The molecule has 0 heterocycles. The number of hydrogen-bond donors (Lipinski definition) is 2. The Bertz CT molecular complexity index is 551. The topological polar surface area (TPSA) is 32.3 Å². The van der Waals surface area contributed by atoms with E-state index in [0.717, 1.165) is 16.8 Å². The molecule has 2 N–H and O–H groups in total. The van der Waals surface area contributed by atoms with Gasteiger partial charge < -0.3 is 10.4 Å². The Morgan fingerprint density at radius 1 is 1.22 bits per heavy atom. The van der Waals surface area contributed by atoms with Gasteiger partial charge in [-0.3, -0.25) is 0 Å². The molecule has 0 spiro atoms. The van der Waals surface area contributed by atoms with Crippen LogP contribution in [0.2, 0.25) is 5.02 Å². The molecule has 2 aromatic rings. The molecule has 2 rings (SSSR count). The van der Waals surface area contributed by atoms with Crippen molar-refractivity contribution in [1.82, 2.24) is 0 Å². The van der Waals surface area contributed by atoms with Gasteiger partial charge in [0, 0.05) is 17.3 Å². The number of halogens is 2. The number of nitrogens with one attached hydrogen (secondary N) is 1. The van der Waals surface area contributed by atoms with Gasteiger partial charge in [0.05, 0.1) is 0 Å². The third-order valence-electron chi connectivity index (χ3n) is 2.62. The minimum absolute atomic E-state index is 0.259. The van der Waals surface area contributed by atoms with E-state index in [9.17, 15) is 9.50 Å². The van der Waals surface area contributed by atoms with Crippen LogP contribution in [0.4, 0.5) is 10.1 Å². The van der Waals surface area contributed by atoms with Crippen molar-refractivity contribution in [3.63, 3.8) is 0 Å². The summed E-state index contributed by atoms with van der Waals surface area (Å²) in [5, 5.41) is 12.9. The fraction of sp³-hybridized carbons (Fsp3) is 0.143. The highest BCUT2D eigenvalue weighted by molar-refractivity contribution is 6.30. The molecular formula is C14H13ClFNO. The highest BCUT2D eigenvalue weighted by Gasteiger charge is 2.01. The number of hydrogen-bond acceptors (Lipinski definition) is 2. The zero-order chi connectivity index (χ0) is 13.1. The minimum Gasteiger partial charge on any atom is -0.508 e. The highest BCUT2D eigenvalue weighted by atomic mass is 35.5. The lowest BCUT2D eigenvalue weighted by atomic mass is 10.2. The number of rotatable bonds is 3. The minimum atomic E-state index is -0.346. The summed E-state index contributed by atoms with van der Waals surface area (Å²) in [4.78, 5) is 0. The summed E-state index contributed by atoms with van der Waals surface area (Å²) >= 11 is 5.78. The molecule has 0 atom stereocenters. The van der Waals surface area contributed by atoms with Crippen LogP contribution < -0.4 is 5.32 Å². The van der Waals surface area contributed by atoms with E-state index in [4.69, 9.17) is 11.6 Å². The maximum absolute atomic E-state index is 13.1. The van der Waals surface area contributed by atoms with E-state index in [2.05, 4.69) is 5.32 Å². The molecule has 0 amide bonds. The molecule has 0 saturated carbocycles. The van der Waals surface area contributed by atoms with Crippen LogP contribution in [0.3, 0.4) is 0 Å². The van der Waals surface area contributed by atoms with Crippen LogP contribution in [0.25, 0.3) is 0 Å². The number of aromatic hydroxyl groups is 1. The van der Waals surface area contributed by atoms with Gasteiger partial charge in [0.1, 0.15) is 11.6 Å². The first kappa shape index (κ1) is 12.7. The molecule has 0 aliphatic heterocycles. The molecule has 18 heavy (non-hydrogen) atoms. The molecule has 94 valence electrons. The van der Waals surface area contributed by atoms with Gasteiger partial charge in [-0.25, -0.2) is 4.39 Å². The molecule has 0 fully saturated rings. The maximum atomic E-state index is 13.1. The van der Waals surface area contributed by atoms with Crippen molar-refractivity contribution in [1.29, 1.82) is 0 Å². The predicted octanol–water partition coefficient (Wildman–Crippen LogP) is 4.11. The van der Waals surface area contributed by atoms with Gasteiger partial charge in [-0.15, -0.1) is 0 Å². The van der Waals surface area contributed by atoms with E-state index >= 15 is 0 Å². The molecule has 0 radical (unpaired) electrons. The van der Waals surface area contributed by atoms with Crippen LogP contribution in [-0.2, 0) is 6.54 Å². The van der Waals surface area contributed by atoms with Gasteiger partial charge in [-0.1, -0.05) is 11.6 Å². The van der Waals surface area contributed by atoms with Crippen molar-refractivity contribution in [2.24, 2.45) is 0 Å². The lowest BCUT2D eigenvalue weighted by Crippen LogP contribution is -2.00. The van der Waals surface area contributed by atoms with Crippen molar-refractivity contribution in [3.05, 3.63) is 58.4 Å². The largest absolute Gasteiger partial charge is 0.508 e. The summed E-state index contributed by atoms with van der Waals surface area (Å²) in [6, 6.07) is 9.64. The molecule has 0 unspecified atom stereocenters. The highest BCUT2D eigenvalue weighted by Crippen LogP contribution is 2.21. The van der Waals surface area contributed by atoms with Crippen molar-refractivity contribution in [2.45, 2.75) is 13.5 Å². The van der Waals surface area contributed by atoms with Gasteiger partial charge in [0.25, 0.3) is 0 Å². The predicted molar refractivity (Wildman–Crippen MR) is 71.6 cm³/mol. The van der Waals surface area contributed by atoms with E-state index in [1.165, 1.54) is 12.1 Å². The fourth-order valence-corrected chi connectivity index (χ4v) is 1.93. The molecule has 0 saturated heterocycles. The maximum Gasteiger partial charge on any atom is 0.125 e. The van der Waals surface area contributed by atoms with E-state index in [-0.39, 0.29) is 11.6 Å². The number of benzene rings is 2. The second-order valence-corrected chi connectivity index (χ2v) is 4.57. The average molecular weight is 266 g/mol. The average Bonchev–Trinajstić information content (AvgIpc) is 2.29. The third-order valence-corrected chi connectivity index (χ3v) is 2.83. The van der Waals surface area contributed by atoms with Crippen LogP contribution in [0.5, 0.6) is 5.75 Å². The second-order valence-electron chi connectivity index (χ2n) is 4.13. The van der Waals surface area contributed by atoms with Gasteiger partial charge in [-0.2, -0.15) is 0 Å². The molecule has 2 aromatic carbocycles. The van der Waals surface area contributed by atoms with E-state index < -0.39 is 0 Å². The van der Waals surface area contributed by atoms with Gasteiger partial charge in [0.15, 0.2) is 0 Å². The monoisotopic (exact) mass is 265 g/mol. The molecule has 0 aliphatic carbocycles. The Labute approximate surface area is 110 Å². The Balaban J connectivity index is 2.08. The zero-order valence-corrected chi connectivity index (χ0v) is 10.6. The third kappa shape index (κ3) is 3.14. The standard InChI is InChI=1S/C14H13ClFNO/c1-9-4-13(2-3-14(9)18)17-8-10-5-11(15)7-12(16)6-10/h2-7,17-18H,8H2,1H3. The molecule has 2 nitrogen and oxygen atoms in total. The number of phenols is 1. The van der Waals surface area contributed by atoms with Crippen molar-refractivity contribution < 1.29 is 9.50 Å². The second kappa shape index (κ2) is 5.27. The summed E-state index contributed by atoms with van der Waals surface area (Å²) in [5.74, 6) is -0.0875. The van der Waals surface area contributed by atoms with Crippen LogP contribution in [0.1, 0.15) is 11.1 Å². The first-order valence-corrected chi connectivity index (χ1v) is 5.91. The first-order chi connectivity index (χ1) is 8.54. The quantitative estimate of drug-likeness (QED) is 0.819. The lowest BCUT2D eigenvalue weighted by Gasteiger charge is -2.08. The zero-order valence-electron chi connectivity index (χ0n) is 9.87. The summed E-state index contributed by atoms with van der Waals surface area (Å²) in [6.45, 7) is 2.29. The molecular weight excluding hydrogens is 253 g/mol. The Kier molecular flexibility index (Phi) is 3.72. The number of anilines is 1.